The third-order valence-electron chi connectivity index (χ3n) is 7.26. The maximum atomic E-state index is 11.3. The van der Waals surface area contributed by atoms with Crippen LogP contribution in [0.2, 0.25) is 0 Å². The Morgan fingerprint density at radius 2 is 1.83 bits per heavy atom. The molecule has 2 aromatic carbocycles. The highest BCUT2D eigenvalue weighted by Gasteiger charge is 2.44. The minimum atomic E-state index is -0.848. The van der Waals surface area contributed by atoms with Gasteiger partial charge in [-0.3, -0.25) is 4.99 Å². The lowest BCUT2D eigenvalue weighted by atomic mass is 9.92. The molecule has 0 aliphatic carbocycles. The first-order valence-corrected chi connectivity index (χ1v) is 12.2. The van der Waals surface area contributed by atoms with Gasteiger partial charge in [0.1, 0.15) is 11.9 Å². The molecular weight excluding hydrogens is 452 g/mol. The SMILES string of the molecule is N[N+]12C=CN=CC1=C(CC1CCN(C(=O)O)CC1)N=C2c1ccc2ccc(-c3ccccc3)nc2c1. The van der Waals surface area contributed by atoms with Crippen molar-refractivity contribution in [2.75, 3.05) is 13.1 Å². The Bertz CT molecular complexity index is 1470. The summed E-state index contributed by atoms with van der Waals surface area (Å²) in [6.45, 7) is 1.10. The molecule has 6 rings (SSSR count). The molecule has 0 bridgehead atoms. The normalized spacial score (nSPS) is 21.7. The molecule has 3 N–H and O–H groups in total. The quantitative estimate of drug-likeness (QED) is 0.410. The lowest BCUT2D eigenvalue weighted by Crippen LogP contribution is -2.53. The number of allylic oxidation sites excluding steroid dienone is 2. The zero-order chi connectivity index (χ0) is 24.7. The summed E-state index contributed by atoms with van der Waals surface area (Å²) in [6.07, 6.45) is 6.88. The highest BCUT2D eigenvalue weighted by molar-refractivity contribution is 6.02. The number of aromatic nitrogens is 1. The average molecular weight is 480 g/mol. The van der Waals surface area contributed by atoms with E-state index in [1.165, 1.54) is 4.90 Å². The van der Waals surface area contributed by atoms with Gasteiger partial charge >= 0.3 is 6.09 Å². The molecule has 8 nitrogen and oxygen atoms in total. The van der Waals surface area contributed by atoms with Crippen molar-refractivity contribution in [1.29, 1.82) is 0 Å². The van der Waals surface area contributed by atoms with E-state index >= 15 is 0 Å². The molecule has 1 atom stereocenters. The number of aliphatic imine (C=N–C) groups is 2. The number of hydrogen-bond acceptors (Lipinski definition) is 5. The van der Waals surface area contributed by atoms with Crippen molar-refractivity contribution in [2.45, 2.75) is 19.3 Å². The fourth-order valence-electron chi connectivity index (χ4n) is 5.23. The Morgan fingerprint density at radius 1 is 1.06 bits per heavy atom. The number of carbonyl (C=O) groups is 1. The fraction of sp³-hybridized carbons (Fsp3) is 0.214. The number of carboxylic acid groups (broad SMARTS) is 1. The van der Waals surface area contributed by atoms with Gasteiger partial charge in [-0.1, -0.05) is 42.5 Å². The van der Waals surface area contributed by atoms with Gasteiger partial charge in [0.15, 0.2) is 0 Å². The van der Waals surface area contributed by atoms with Gasteiger partial charge in [0.25, 0.3) is 5.84 Å². The summed E-state index contributed by atoms with van der Waals surface area (Å²) in [6, 6.07) is 20.4. The van der Waals surface area contributed by atoms with Gasteiger partial charge in [-0.25, -0.2) is 9.78 Å². The van der Waals surface area contributed by atoms with Crippen LogP contribution in [0.3, 0.4) is 0 Å². The van der Waals surface area contributed by atoms with E-state index in [0.29, 0.717) is 19.0 Å². The van der Waals surface area contributed by atoms with Gasteiger partial charge in [0, 0.05) is 24.0 Å². The fourth-order valence-corrected chi connectivity index (χ4v) is 5.23. The Kier molecular flexibility index (Phi) is 5.47. The molecule has 3 aliphatic rings. The van der Waals surface area contributed by atoms with Crippen LogP contribution in [-0.2, 0) is 0 Å². The molecule has 1 aromatic heterocycles. The van der Waals surface area contributed by atoms with Crippen LogP contribution in [0.25, 0.3) is 22.2 Å². The predicted molar refractivity (Wildman–Crippen MR) is 140 cm³/mol. The molecule has 0 radical (unpaired) electrons. The Labute approximate surface area is 209 Å². The molecule has 0 saturated carbocycles. The van der Waals surface area contributed by atoms with E-state index < -0.39 is 6.09 Å². The van der Waals surface area contributed by atoms with E-state index in [-0.39, 0.29) is 4.59 Å². The number of benzene rings is 2. The Morgan fingerprint density at radius 3 is 2.61 bits per heavy atom. The number of quaternary nitrogens is 1. The van der Waals surface area contributed by atoms with E-state index in [2.05, 4.69) is 35.3 Å². The second-order valence-electron chi connectivity index (χ2n) is 9.51. The monoisotopic (exact) mass is 479 g/mol. The number of pyridine rings is 1. The molecule has 3 aliphatic heterocycles. The maximum absolute atomic E-state index is 11.3. The standard InChI is InChI=1S/C28H26N6O2/c29-34-15-12-30-18-26(34)25(16-19-10-13-33(14-11-19)28(35)36)32-27(34)22-7-6-21-8-9-23(31-24(21)17-22)20-4-2-1-3-5-20/h1-9,12,15,17-19H,10-11,13-14,16,29H2/p+1. The van der Waals surface area contributed by atoms with Gasteiger partial charge in [-0.2, -0.15) is 10.8 Å². The van der Waals surface area contributed by atoms with Crippen molar-refractivity contribution in [1.82, 2.24) is 9.88 Å². The minimum Gasteiger partial charge on any atom is -0.465 e. The number of nitrogens with zero attached hydrogens (tertiary/aromatic N) is 5. The minimum absolute atomic E-state index is 0.0311. The van der Waals surface area contributed by atoms with Crippen molar-refractivity contribution in [3.05, 3.63) is 90.0 Å². The van der Waals surface area contributed by atoms with Crippen LogP contribution in [0.5, 0.6) is 0 Å². The number of likely N-dealkylation sites (tertiary alicyclic amines) is 1. The number of rotatable bonds is 4. The Balaban J connectivity index is 1.33. The van der Waals surface area contributed by atoms with Gasteiger partial charge in [-0.15, -0.1) is 4.59 Å². The largest absolute Gasteiger partial charge is 0.465 e. The summed E-state index contributed by atoms with van der Waals surface area (Å²) in [7, 11) is 0. The number of nitrogens with two attached hydrogens (primary N) is 1. The first-order chi connectivity index (χ1) is 17.5. The molecule has 1 fully saturated rings. The molecule has 4 heterocycles. The second kappa shape index (κ2) is 8.82. The highest BCUT2D eigenvalue weighted by atomic mass is 16.4. The van der Waals surface area contributed by atoms with Crippen molar-refractivity contribution < 1.29 is 14.5 Å². The maximum Gasteiger partial charge on any atom is 0.407 e. The van der Waals surface area contributed by atoms with E-state index in [0.717, 1.165) is 64.2 Å². The van der Waals surface area contributed by atoms with Gasteiger partial charge in [0.05, 0.1) is 29.2 Å². The van der Waals surface area contributed by atoms with E-state index in [1.807, 2.05) is 36.5 Å². The third kappa shape index (κ3) is 3.90. The summed E-state index contributed by atoms with van der Waals surface area (Å²) < 4.78 is -0.0311. The molecule has 36 heavy (non-hydrogen) atoms. The van der Waals surface area contributed by atoms with Crippen LogP contribution < -0.4 is 5.84 Å². The molecule has 1 unspecified atom stereocenters. The molecule has 3 aromatic rings. The number of amides is 1. The lowest BCUT2D eigenvalue weighted by molar-refractivity contribution is -0.750. The molecule has 1 saturated heterocycles. The van der Waals surface area contributed by atoms with Crippen molar-refractivity contribution in [2.24, 2.45) is 21.7 Å². The van der Waals surface area contributed by atoms with Crippen LogP contribution in [-0.4, -0.2) is 50.8 Å². The zero-order valence-corrected chi connectivity index (χ0v) is 19.8. The average Bonchev–Trinajstić information content (AvgIpc) is 3.20. The number of hydrogen-bond donors (Lipinski definition) is 2. The number of amidine groups is 1. The Hall–Kier alpha value is -4.14. The smallest absolute Gasteiger partial charge is 0.407 e. The van der Waals surface area contributed by atoms with Crippen LogP contribution in [0.15, 0.2) is 94.4 Å². The van der Waals surface area contributed by atoms with E-state index in [1.54, 1.807) is 12.4 Å². The molecule has 0 spiro atoms. The first kappa shape index (κ1) is 22.3. The summed E-state index contributed by atoms with van der Waals surface area (Å²) in [4.78, 5) is 27.1. The van der Waals surface area contributed by atoms with Crippen molar-refractivity contribution >= 4 is 29.0 Å². The first-order valence-electron chi connectivity index (χ1n) is 12.2. The molecule has 8 heteroatoms. The third-order valence-corrected chi connectivity index (χ3v) is 7.26. The topological polar surface area (TPSA) is 104 Å². The van der Waals surface area contributed by atoms with E-state index in [4.69, 9.17) is 15.8 Å². The number of fused-ring (bicyclic) bond motifs is 2. The highest BCUT2D eigenvalue weighted by Crippen LogP contribution is 2.36. The van der Waals surface area contributed by atoms with Gasteiger partial charge in [-0.05, 0) is 43.4 Å². The summed E-state index contributed by atoms with van der Waals surface area (Å²) in [5.41, 5.74) is 5.56. The van der Waals surface area contributed by atoms with Gasteiger partial charge < -0.3 is 10.0 Å². The summed E-state index contributed by atoms with van der Waals surface area (Å²) in [5.74, 6) is 8.02. The predicted octanol–water partition coefficient (Wildman–Crippen LogP) is 4.90. The van der Waals surface area contributed by atoms with Crippen LogP contribution in [0.4, 0.5) is 4.79 Å². The van der Waals surface area contributed by atoms with Crippen LogP contribution in [0, 0.1) is 5.92 Å². The van der Waals surface area contributed by atoms with E-state index in [9.17, 15) is 9.90 Å². The molecule has 180 valence electrons. The van der Waals surface area contributed by atoms with Crippen molar-refractivity contribution in [3.63, 3.8) is 0 Å². The van der Waals surface area contributed by atoms with Crippen LogP contribution in [0.1, 0.15) is 24.8 Å². The van der Waals surface area contributed by atoms with Gasteiger partial charge in [0.2, 0.25) is 5.70 Å². The number of piperidine rings is 1. The molecule has 1 amide bonds. The summed E-state index contributed by atoms with van der Waals surface area (Å²) in [5, 5.41) is 10.3. The summed E-state index contributed by atoms with van der Waals surface area (Å²) >= 11 is 0. The zero-order valence-electron chi connectivity index (χ0n) is 19.8. The lowest BCUT2D eigenvalue weighted by Gasteiger charge is -2.30. The molecular formula is C28H27N6O2+. The van der Waals surface area contributed by atoms with Crippen molar-refractivity contribution in [3.8, 4) is 11.3 Å². The second-order valence-corrected chi connectivity index (χ2v) is 9.51. The van der Waals surface area contributed by atoms with Crippen LogP contribution >= 0.6 is 0 Å².